The molecule has 9 heteroatoms. The maximum absolute atomic E-state index is 13.5. The molecule has 2 heterocycles. The number of hydrogen-bond donors (Lipinski definition) is 0. The topological polar surface area (TPSA) is 105 Å². The Morgan fingerprint density at radius 3 is 2.41 bits per heavy atom. The lowest BCUT2D eigenvalue weighted by Gasteiger charge is -2.09. The van der Waals surface area contributed by atoms with Gasteiger partial charge in [0.2, 0.25) is 0 Å². The van der Waals surface area contributed by atoms with Crippen molar-refractivity contribution in [3.8, 4) is 17.1 Å². The maximum Gasteiger partial charge on any atom is 0.361 e. The van der Waals surface area contributed by atoms with Gasteiger partial charge in [-0.05, 0) is 55.5 Å². The zero-order valence-corrected chi connectivity index (χ0v) is 20.1. The van der Waals surface area contributed by atoms with E-state index in [0.717, 1.165) is 0 Å². The molecule has 2 radical (unpaired) electrons. The molecular formula is C28H22N4O5. The van der Waals surface area contributed by atoms with Crippen molar-refractivity contribution in [3.05, 3.63) is 113 Å². The van der Waals surface area contributed by atoms with E-state index in [4.69, 9.17) is 9.47 Å². The minimum absolute atomic E-state index is 0.0698. The van der Waals surface area contributed by atoms with E-state index in [-0.39, 0.29) is 28.9 Å². The Morgan fingerprint density at radius 1 is 1.05 bits per heavy atom. The van der Waals surface area contributed by atoms with Gasteiger partial charge in [-0.15, -0.1) is 0 Å². The van der Waals surface area contributed by atoms with Gasteiger partial charge in [0.05, 0.1) is 25.1 Å². The maximum atomic E-state index is 13.5. The zero-order chi connectivity index (χ0) is 26.2. The fraction of sp³-hybridized carbons (Fsp3) is 0.107. The molecule has 0 aliphatic rings. The number of aromatic nitrogens is 4. The molecule has 0 amide bonds. The van der Waals surface area contributed by atoms with Gasteiger partial charge in [-0.3, -0.25) is 14.2 Å². The fourth-order valence-electron chi connectivity index (χ4n) is 3.52. The second-order valence-corrected chi connectivity index (χ2v) is 7.48. The lowest BCUT2D eigenvalue weighted by molar-refractivity contribution is 0.0521. The third kappa shape index (κ3) is 5.30. The van der Waals surface area contributed by atoms with Crippen LogP contribution in [0, 0.1) is 12.1 Å². The van der Waals surface area contributed by atoms with Crippen molar-refractivity contribution in [2.75, 3.05) is 13.7 Å². The Bertz CT molecular complexity index is 1550. The summed E-state index contributed by atoms with van der Waals surface area (Å²) in [7, 11) is 1.54. The first-order valence-electron chi connectivity index (χ1n) is 11.3. The molecule has 0 fully saturated rings. The highest BCUT2D eigenvalue weighted by molar-refractivity contribution is 6.00. The number of aldehydes is 1. The summed E-state index contributed by atoms with van der Waals surface area (Å²) in [5.74, 6) is -0.0650. The summed E-state index contributed by atoms with van der Waals surface area (Å²) in [5.41, 5.74) is 0.730. The number of rotatable bonds is 6. The van der Waals surface area contributed by atoms with Crippen molar-refractivity contribution in [1.29, 1.82) is 0 Å². The molecule has 0 saturated carbocycles. The number of carbonyl (C=O) groups is 2. The van der Waals surface area contributed by atoms with Gasteiger partial charge in [0.1, 0.15) is 17.6 Å². The van der Waals surface area contributed by atoms with Gasteiger partial charge < -0.3 is 9.47 Å². The molecule has 0 aliphatic carbocycles. The average molecular weight is 495 g/mol. The molecule has 3 aromatic carbocycles. The SMILES string of the molecule is CCOC(=O)c1nn(-c2ccc(OC)cc2)c2c(=O)n(-c3cc[c]cc3C=O)cnc12.[c]1ccccc1. The smallest absolute Gasteiger partial charge is 0.361 e. The molecule has 5 rings (SSSR count). The largest absolute Gasteiger partial charge is 0.497 e. The number of benzene rings is 3. The van der Waals surface area contributed by atoms with E-state index < -0.39 is 11.5 Å². The first-order chi connectivity index (χ1) is 18.1. The minimum Gasteiger partial charge on any atom is -0.497 e. The second kappa shape index (κ2) is 11.6. The Balaban J connectivity index is 0.000000469. The molecule has 0 bridgehead atoms. The Labute approximate surface area is 212 Å². The predicted molar refractivity (Wildman–Crippen MR) is 136 cm³/mol. The standard InChI is InChI=1S/C22H17N4O5.C6H5/c1-3-31-22(29)19-18-20(26(24-19)15-8-10-16(30-2)11-9-15)21(28)25(13-23-18)17-7-5-4-6-14(17)12-27;1-2-4-6-5-3-1/h5-13H,3H2,1-2H3;1-5H. The monoisotopic (exact) mass is 494 g/mol. The molecule has 0 N–H and O–H groups in total. The van der Waals surface area contributed by atoms with E-state index in [9.17, 15) is 14.4 Å². The van der Waals surface area contributed by atoms with E-state index in [1.54, 1.807) is 50.4 Å². The highest BCUT2D eigenvalue weighted by Gasteiger charge is 2.24. The predicted octanol–water partition coefficient (Wildman–Crippen LogP) is 3.86. The summed E-state index contributed by atoms with van der Waals surface area (Å²) in [5, 5.41) is 4.32. The zero-order valence-electron chi connectivity index (χ0n) is 20.1. The van der Waals surface area contributed by atoms with Crippen LogP contribution >= 0.6 is 0 Å². The molecular weight excluding hydrogens is 472 g/mol. The summed E-state index contributed by atoms with van der Waals surface area (Å²) in [6.07, 6.45) is 1.89. The van der Waals surface area contributed by atoms with Crippen LogP contribution in [0.1, 0.15) is 27.8 Å². The van der Waals surface area contributed by atoms with Crippen LogP contribution in [0.2, 0.25) is 0 Å². The second-order valence-electron chi connectivity index (χ2n) is 7.48. The van der Waals surface area contributed by atoms with E-state index >= 15 is 0 Å². The number of hydrogen-bond acceptors (Lipinski definition) is 7. The number of carbonyl (C=O) groups excluding carboxylic acids is 2. The van der Waals surface area contributed by atoms with E-state index in [2.05, 4.69) is 22.2 Å². The van der Waals surface area contributed by atoms with E-state index in [0.29, 0.717) is 23.4 Å². The van der Waals surface area contributed by atoms with Crippen molar-refractivity contribution in [2.45, 2.75) is 6.92 Å². The lowest BCUT2D eigenvalue weighted by Crippen LogP contribution is -2.22. The molecule has 0 saturated heterocycles. The van der Waals surface area contributed by atoms with Crippen molar-refractivity contribution < 1.29 is 19.1 Å². The van der Waals surface area contributed by atoms with Crippen molar-refractivity contribution >= 4 is 23.3 Å². The van der Waals surface area contributed by atoms with Crippen LogP contribution in [-0.4, -0.2) is 45.3 Å². The third-order valence-corrected chi connectivity index (χ3v) is 5.24. The van der Waals surface area contributed by atoms with Gasteiger partial charge in [-0.1, -0.05) is 36.4 Å². The van der Waals surface area contributed by atoms with Gasteiger partial charge in [0.15, 0.2) is 17.5 Å². The van der Waals surface area contributed by atoms with Gasteiger partial charge in [0, 0.05) is 5.56 Å². The Hall–Kier alpha value is -5.05. The Kier molecular flexibility index (Phi) is 7.85. The van der Waals surface area contributed by atoms with Crippen LogP contribution in [0.5, 0.6) is 5.75 Å². The van der Waals surface area contributed by atoms with Gasteiger partial charge in [-0.2, -0.15) is 5.10 Å². The first kappa shape index (κ1) is 25.1. The number of nitrogens with zero attached hydrogens (tertiary/aromatic N) is 4. The number of ether oxygens (including phenoxy) is 2. The summed E-state index contributed by atoms with van der Waals surface area (Å²) in [6.45, 7) is 1.82. The van der Waals surface area contributed by atoms with Crippen LogP contribution in [-0.2, 0) is 4.74 Å². The van der Waals surface area contributed by atoms with Crippen molar-refractivity contribution in [1.82, 2.24) is 19.3 Å². The van der Waals surface area contributed by atoms with Crippen LogP contribution in [0.4, 0.5) is 0 Å². The minimum atomic E-state index is -0.688. The van der Waals surface area contributed by atoms with Gasteiger partial charge in [0.25, 0.3) is 5.56 Å². The van der Waals surface area contributed by atoms with E-state index in [1.165, 1.54) is 21.6 Å². The summed E-state index contributed by atoms with van der Waals surface area (Å²) >= 11 is 0. The lowest BCUT2D eigenvalue weighted by atomic mass is 10.2. The van der Waals surface area contributed by atoms with Crippen LogP contribution in [0.25, 0.3) is 22.4 Å². The molecule has 0 spiro atoms. The number of fused-ring (bicyclic) bond motifs is 1. The fourth-order valence-corrected chi connectivity index (χ4v) is 3.52. The summed E-state index contributed by atoms with van der Waals surface area (Å²) in [4.78, 5) is 41.7. The highest BCUT2D eigenvalue weighted by atomic mass is 16.5. The Morgan fingerprint density at radius 2 is 1.81 bits per heavy atom. The molecule has 2 aromatic heterocycles. The van der Waals surface area contributed by atoms with Gasteiger partial charge >= 0.3 is 5.97 Å². The summed E-state index contributed by atoms with van der Waals surface area (Å²) < 4.78 is 12.8. The first-order valence-corrected chi connectivity index (χ1v) is 11.3. The molecule has 184 valence electrons. The molecule has 0 atom stereocenters. The summed E-state index contributed by atoms with van der Waals surface area (Å²) in [6, 6.07) is 26.8. The van der Waals surface area contributed by atoms with Crippen LogP contribution < -0.4 is 10.3 Å². The highest BCUT2D eigenvalue weighted by Crippen LogP contribution is 2.22. The van der Waals surface area contributed by atoms with E-state index in [1.807, 2.05) is 30.3 Å². The molecule has 9 nitrogen and oxygen atoms in total. The average Bonchev–Trinajstić information content (AvgIpc) is 3.35. The molecule has 5 aromatic rings. The molecule has 0 unspecified atom stereocenters. The van der Waals surface area contributed by atoms with Crippen molar-refractivity contribution in [2.24, 2.45) is 0 Å². The molecule has 37 heavy (non-hydrogen) atoms. The number of esters is 1. The molecule has 0 aliphatic heterocycles. The third-order valence-electron chi connectivity index (χ3n) is 5.24. The van der Waals surface area contributed by atoms with Crippen molar-refractivity contribution in [3.63, 3.8) is 0 Å². The van der Waals surface area contributed by atoms with Crippen LogP contribution in [0.3, 0.4) is 0 Å². The quantitative estimate of drug-likeness (QED) is 0.261. The van der Waals surface area contributed by atoms with Crippen LogP contribution in [0.15, 0.2) is 83.9 Å². The normalized spacial score (nSPS) is 10.3. The number of methoxy groups -OCH3 is 1. The van der Waals surface area contributed by atoms with Gasteiger partial charge in [-0.25, -0.2) is 14.5 Å².